The normalized spacial score (nSPS) is 17.7. The molecule has 2 aliphatic heterocycles. The van der Waals surface area contributed by atoms with E-state index in [0.717, 1.165) is 26.1 Å². The summed E-state index contributed by atoms with van der Waals surface area (Å²) in [7, 11) is 0. The van der Waals surface area contributed by atoms with Gasteiger partial charge in [-0.05, 0) is 43.8 Å². The number of nitrogens with zero attached hydrogens (tertiary/aromatic N) is 5. The summed E-state index contributed by atoms with van der Waals surface area (Å²) in [5, 5.41) is 3.07. The summed E-state index contributed by atoms with van der Waals surface area (Å²) in [5.41, 5.74) is 1.36. The van der Waals surface area contributed by atoms with Gasteiger partial charge in [-0.1, -0.05) is 30.3 Å². The molecule has 1 N–H and O–H groups in total. The van der Waals surface area contributed by atoms with Gasteiger partial charge in [0.05, 0.1) is 12.4 Å². The van der Waals surface area contributed by atoms with Crippen molar-refractivity contribution in [2.75, 3.05) is 50.7 Å². The molecule has 2 saturated heterocycles. The maximum absolute atomic E-state index is 12.6. The monoisotopic (exact) mass is 474 g/mol. The van der Waals surface area contributed by atoms with E-state index in [0.29, 0.717) is 44.6 Å². The molecule has 4 rings (SSSR count). The lowest BCUT2D eigenvalue weighted by molar-refractivity contribution is -0.0503. The van der Waals surface area contributed by atoms with Crippen LogP contribution in [0.4, 0.5) is 19.5 Å². The summed E-state index contributed by atoms with van der Waals surface area (Å²) < 4.78 is 28.8. The largest absolute Gasteiger partial charge is 0.432 e. The van der Waals surface area contributed by atoms with E-state index in [1.807, 2.05) is 11.0 Å². The fourth-order valence-corrected chi connectivity index (χ4v) is 4.52. The standard InChI is InChI=1S/C24H32F2N6O2/c25-22(26)34-21-16-28-23(29-17-21)31-12-14-32(15-13-31)24(33)27-9-6-19-7-10-30(11-8-19)18-20-4-2-1-3-5-20/h1-5,16-17,19,22H,6-15,18H2,(H,27,33). The van der Waals surface area contributed by atoms with Crippen LogP contribution >= 0.6 is 0 Å². The highest BCUT2D eigenvalue weighted by Gasteiger charge is 2.23. The molecule has 0 saturated carbocycles. The minimum Gasteiger partial charge on any atom is -0.432 e. The highest BCUT2D eigenvalue weighted by atomic mass is 19.3. The van der Waals surface area contributed by atoms with E-state index in [1.165, 1.54) is 30.8 Å². The summed E-state index contributed by atoms with van der Waals surface area (Å²) in [6.07, 6.45) is 5.82. The molecule has 8 nitrogen and oxygen atoms in total. The Bertz CT molecular complexity index is 886. The molecule has 2 aromatic rings. The average Bonchev–Trinajstić information content (AvgIpc) is 2.86. The molecular weight excluding hydrogens is 442 g/mol. The number of alkyl halides is 2. The van der Waals surface area contributed by atoms with Crippen LogP contribution in [0.5, 0.6) is 5.75 Å². The molecule has 0 aliphatic carbocycles. The van der Waals surface area contributed by atoms with Gasteiger partial charge in [-0.15, -0.1) is 0 Å². The van der Waals surface area contributed by atoms with Crippen molar-refractivity contribution in [3.05, 3.63) is 48.3 Å². The van der Waals surface area contributed by atoms with Crippen molar-refractivity contribution < 1.29 is 18.3 Å². The number of benzene rings is 1. The number of anilines is 1. The Morgan fingerprint density at radius 1 is 1.03 bits per heavy atom. The van der Waals surface area contributed by atoms with Gasteiger partial charge in [0.25, 0.3) is 0 Å². The molecular formula is C24H32F2N6O2. The molecule has 0 atom stereocenters. The molecule has 2 fully saturated rings. The lowest BCUT2D eigenvalue weighted by Crippen LogP contribution is -2.52. The number of nitrogens with one attached hydrogen (secondary N) is 1. The van der Waals surface area contributed by atoms with Gasteiger partial charge in [0.2, 0.25) is 5.95 Å². The van der Waals surface area contributed by atoms with Crippen LogP contribution in [-0.2, 0) is 6.54 Å². The second-order valence-electron chi connectivity index (χ2n) is 8.80. The third-order valence-electron chi connectivity index (χ3n) is 6.47. The minimum atomic E-state index is -2.90. The van der Waals surface area contributed by atoms with Gasteiger partial charge in [0.1, 0.15) is 0 Å². The van der Waals surface area contributed by atoms with Gasteiger partial charge in [0.15, 0.2) is 5.75 Å². The number of likely N-dealkylation sites (tertiary alicyclic amines) is 1. The van der Waals surface area contributed by atoms with Crippen molar-refractivity contribution in [1.82, 2.24) is 25.1 Å². The second kappa shape index (κ2) is 11.9. The molecule has 184 valence electrons. The molecule has 0 unspecified atom stereocenters. The van der Waals surface area contributed by atoms with Crippen molar-refractivity contribution in [2.24, 2.45) is 5.92 Å². The number of carbonyl (C=O) groups is 1. The first-order valence-corrected chi connectivity index (χ1v) is 11.9. The summed E-state index contributed by atoms with van der Waals surface area (Å²) in [5.74, 6) is 1.03. The quantitative estimate of drug-likeness (QED) is 0.634. The number of urea groups is 1. The van der Waals surface area contributed by atoms with E-state index in [-0.39, 0.29) is 11.8 Å². The molecule has 3 heterocycles. The maximum Gasteiger partial charge on any atom is 0.387 e. The number of amides is 2. The highest BCUT2D eigenvalue weighted by Crippen LogP contribution is 2.21. The van der Waals surface area contributed by atoms with Gasteiger partial charge in [-0.3, -0.25) is 4.90 Å². The Labute approximate surface area is 198 Å². The molecule has 2 aliphatic rings. The number of aromatic nitrogens is 2. The smallest absolute Gasteiger partial charge is 0.387 e. The Morgan fingerprint density at radius 3 is 2.35 bits per heavy atom. The number of ether oxygens (including phenoxy) is 1. The van der Waals surface area contributed by atoms with Crippen LogP contribution < -0.4 is 15.0 Å². The first-order chi connectivity index (χ1) is 16.6. The molecule has 1 aromatic carbocycles. The highest BCUT2D eigenvalue weighted by molar-refractivity contribution is 5.74. The van der Waals surface area contributed by atoms with Crippen molar-refractivity contribution in [1.29, 1.82) is 0 Å². The first kappa shape index (κ1) is 24.1. The average molecular weight is 475 g/mol. The van der Waals surface area contributed by atoms with Gasteiger partial charge in [-0.25, -0.2) is 14.8 Å². The number of halogens is 2. The van der Waals surface area contributed by atoms with Gasteiger partial charge in [0, 0.05) is 39.3 Å². The lowest BCUT2D eigenvalue weighted by atomic mass is 9.93. The third-order valence-corrected chi connectivity index (χ3v) is 6.47. The zero-order chi connectivity index (χ0) is 23.8. The molecule has 0 bridgehead atoms. The predicted molar refractivity (Wildman–Crippen MR) is 125 cm³/mol. The SMILES string of the molecule is O=C(NCCC1CCN(Cc2ccccc2)CC1)N1CCN(c2ncc(OC(F)F)cn2)CC1. The second-order valence-corrected chi connectivity index (χ2v) is 8.80. The fraction of sp³-hybridized carbons (Fsp3) is 0.542. The van der Waals surface area contributed by atoms with Crippen LogP contribution in [0.1, 0.15) is 24.8 Å². The summed E-state index contributed by atoms with van der Waals surface area (Å²) >= 11 is 0. The number of piperazine rings is 1. The maximum atomic E-state index is 12.6. The Morgan fingerprint density at radius 2 is 1.71 bits per heavy atom. The number of piperidine rings is 1. The van der Waals surface area contributed by atoms with E-state index in [2.05, 4.69) is 49.2 Å². The van der Waals surface area contributed by atoms with Crippen molar-refractivity contribution >= 4 is 12.0 Å². The zero-order valence-corrected chi connectivity index (χ0v) is 19.3. The van der Waals surface area contributed by atoms with E-state index < -0.39 is 6.61 Å². The van der Waals surface area contributed by atoms with Crippen molar-refractivity contribution in [3.63, 3.8) is 0 Å². The van der Waals surface area contributed by atoms with Crippen molar-refractivity contribution in [2.45, 2.75) is 32.4 Å². The van der Waals surface area contributed by atoms with E-state index >= 15 is 0 Å². The van der Waals surface area contributed by atoms with Crippen LogP contribution in [0, 0.1) is 5.92 Å². The van der Waals surface area contributed by atoms with Crippen LogP contribution in [0.25, 0.3) is 0 Å². The minimum absolute atomic E-state index is 0.0391. The van der Waals surface area contributed by atoms with Gasteiger partial charge in [-0.2, -0.15) is 8.78 Å². The van der Waals surface area contributed by atoms with Crippen LogP contribution in [0.2, 0.25) is 0 Å². The number of carbonyl (C=O) groups excluding carboxylic acids is 1. The van der Waals surface area contributed by atoms with Crippen molar-refractivity contribution in [3.8, 4) is 5.75 Å². The topological polar surface area (TPSA) is 73.8 Å². The summed E-state index contributed by atoms with van der Waals surface area (Å²) in [6, 6.07) is 10.5. The van der Waals surface area contributed by atoms with Crippen LogP contribution in [-0.4, -0.2) is 78.2 Å². The summed E-state index contributed by atoms with van der Waals surface area (Å²) in [4.78, 5) is 27.0. The number of rotatable bonds is 8. The number of hydrogen-bond donors (Lipinski definition) is 1. The molecule has 34 heavy (non-hydrogen) atoms. The lowest BCUT2D eigenvalue weighted by Gasteiger charge is -2.35. The summed E-state index contributed by atoms with van der Waals surface area (Å²) in [6.45, 7) is 3.30. The molecule has 0 radical (unpaired) electrons. The molecule has 1 aromatic heterocycles. The molecule has 2 amide bonds. The zero-order valence-electron chi connectivity index (χ0n) is 19.3. The van der Waals surface area contributed by atoms with E-state index in [9.17, 15) is 13.6 Å². The van der Waals surface area contributed by atoms with Gasteiger partial charge < -0.3 is 19.9 Å². The molecule has 10 heteroatoms. The Hall–Kier alpha value is -3.01. The van der Waals surface area contributed by atoms with E-state index in [1.54, 1.807) is 4.90 Å². The first-order valence-electron chi connectivity index (χ1n) is 11.9. The van der Waals surface area contributed by atoms with Crippen LogP contribution in [0.15, 0.2) is 42.7 Å². The van der Waals surface area contributed by atoms with E-state index in [4.69, 9.17) is 0 Å². The van der Waals surface area contributed by atoms with Crippen LogP contribution in [0.3, 0.4) is 0 Å². The number of hydrogen-bond acceptors (Lipinski definition) is 6. The third kappa shape index (κ3) is 6.99. The van der Waals surface area contributed by atoms with Gasteiger partial charge >= 0.3 is 12.6 Å². The Kier molecular flexibility index (Phi) is 8.46. The fourth-order valence-electron chi connectivity index (χ4n) is 4.52. The Balaban J connectivity index is 1.11. The molecule has 0 spiro atoms. The predicted octanol–water partition coefficient (Wildman–Crippen LogP) is 3.21.